The van der Waals surface area contributed by atoms with Crippen LogP contribution in [0.4, 0.5) is 40.7 Å². The summed E-state index contributed by atoms with van der Waals surface area (Å²) in [4.78, 5) is 17.5. The van der Waals surface area contributed by atoms with Crippen LogP contribution in [0.5, 0.6) is 0 Å². The summed E-state index contributed by atoms with van der Waals surface area (Å²) in [5, 5.41) is 25.4. The Labute approximate surface area is 156 Å². The number of hydrogen-bond donors (Lipinski definition) is 3. The summed E-state index contributed by atoms with van der Waals surface area (Å²) in [5.41, 5.74) is -2.21. The minimum absolute atomic E-state index is 0.141. The Balaban J connectivity index is 2.46. The highest BCUT2D eigenvalue weighted by Crippen LogP contribution is 2.32. The van der Waals surface area contributed by atoms with E-state index in [1.165, 1.54) is 0 Å². The summed E-state index contributed by atoms with van der Waals surface area (Å²) in [6.45, 7) is 3.11. The van der Waals surface area contributed by atoms with E-state index >= 15 is 0 Å². The first-order valence-electron chi connectivity index (χ1n) is 8.06. The predicted molar refractivity (Wildman–Crippen MR) is 92.7 cm³/mol. The highest BCUT2D eigenvalue weighted by Gasteiger charge is 2.34. The van der Waals surface area contributed by atoms with Crippen molar-refractivity contribution in [1.29, 1.82) is 0 Å². The molecule has 0 aliphatic rings. The van der Waals surface area contributed by atoms with Crippen molar-refractivity contribution >= 4 is 23.1 Å². The predicted octanol–water partition coefficient (Wildman–Crippen LogP) is 3.72. The molecule has 1 aromatic heterocycles. The van der Waals surface area contributed by atoms with Gasteiger partial charge in [-0.15, -0.1) is 0 Å². The monoisotopic (exact) mass is 403 g/mol. The van der Waals surface area contributed by atoms with Crippen molar-refractivity contribution in [2.75, 3.05) is 17.2 Å². The number of rotatable bonds is 7. The molecule has 2 aromatic rings. The van der Waals surface area contributed by atoms with E-state index in [1.54, 1.807) is 13.8 Å². The fourth-order valence-corrected chi connectivity index (χ4v) is 2.21. The smallest absolute Gasteiger partial charge is 0.394 e. The number of alkyl halides is 3. The van der Waals surface area contributed by atoms with Crippen LogP contribution in [-0.2, 0) is 6.18 Å². The van der Waals surface area contributed by atoms with Gasteiger partial charge in [-0.2, -0.15) is 18.2 Å². The molecule has 0 saturated heterocycles. The van der Waals surface area contributed by atoms with Gasteiger partial charge in [0.15, 0.2) is 5.69 Å². The number of aliphatic hydroxyl groups is 1. The number of hydrogen-bond acceptors (Lipinski definition) is 7. The number of halogens is 4. The van der Waals surface area contributed by atoms with Crippen LogP contribution in [0.3, 0.4) is 0 Å². The third-order valence-corrected chi connectivity index (χ3v) is 3.75. The quantitative estimate of drug-likeness (QED) is 0.367. The highest BCUT2D eigenvalue weighted by atomic mass is 19.4. The van der Waals surface area contributed by atoms with Crippen molar-refractivity contribution in [2.45, 2.75) is 26.1 Å². The average Bonchev–Trinajstić information content (AvgIpc) is 2.59. The topological polar surface area (TPSA) is 113 Å². The van der Waals surface area contributed by atoms with Gasteiger partial charge in [0, 0.05) is 6.07 Å². The molecular weight excluding hydrogens is 386 g/mol. The first-order valence-corrected chi connectivity index (χ1v) is 8.06. The number of nitrogens with zero attached hydrogens (tertiary/aromatic N) is 3. The van der Waals surface area contributed by atoms with Crippen molar-refractivity contribution < 1.29 is 27.6 Å². The van der Waals surface area contributed by atoms with Gasteiger partial charge in [-0.1, -0.05) is 13.8 Å². The zero-order valence-electron chi connectivity index (χ0n) is 14.8. The van der Waals surface area contributed by atoms with Crippen LogP contribution in [0.2, 0.25) is 0 Å². The molecule has 0 unspecified atom stereocenters. The number of nitro benzene ring substituents is 1. The van der Waals surface area contributed by atoms with E-state index in [0.717, 1.165) is 12.1 Å². The maximum absolute atomic E-state index is 13.2. The maximum atomic E-state index is 13.2. The second kappa shape index (κ2) is 8.33. The van der Waals surface area contributed by atoms with Crippen LogP contribution < -0.4 is 10.6 Å². The van der Waals surface area contributed by atoms with E-state index in [9.17, 15) is 32.8 Å². The first kappa shape index (κ1) is 21.3. The molecule has 152 valence electrons. The van der Waals surface area contributed by atoms with Crippen LogP contribution >= 0.6 is 0 Å². The van der Waals surface area contributed by atoms with Gasteiger partial charge >= 0.3 is 6.18 Å². The van der Waals surface area contributed by atoms with Crippen molar-refractivity contribution in [2.24, 2.45) is 5.92 Å². The van der Waals surface area contributed by atoms with Gasteiger partial charge in [0.05, 0.1) is 23.6 Å². The van der Waals surface area contributed by atoms with Crippen molar-refractivity contribution in [3.63, 3.8) is 0 Å². The molecule has 28 heavy (non-hydrogen) atoms. The number of aliphatic hydroxyl groups excluding tert-OH is 1. The molecule has 1 atom stereocenters. The Morgan fingerprint density at radius 2 is 1.93 bits per heavy atom. The molecular formula is C16H17F4N5O3. The summed E-state index contributed by atoms with van der Waals surface area (Å²) in [6, 6.07) is 2.52. The van der Waals surface area contributed by atoms with E-state index in [0.29, 0.717) is 12.1 Å². The highest BCUT2D eigenvalue weighted by molar-refractivity contribution is 5.68. The lowest BCUT2D eigenvalue weighted by Crippen LogP contribution is -2.30. The zero-order chi connectivity index (χ0) is 21.1. The van der Waals surface area contributed by atoms with Crippen molar-refractivity contribution in [1.82, 2.24) is 9.97 Å². The Kier molecular flexibility index (Phi) is 6.33. The van der Waals surface area contributed by atoms with Gasteiger partial charge in [0.25, 0.3) is 5.69 Å². The minimum atomic E-state index is -4.81. The van der Waals surface area contributed by atoms with Crippen LogP contribution in [0.15, 0.2) is 24.3 Å². The lowest BCUT2D eigenvalue weighted by molar-refractivity contribution is -0.384. The number of aromatic nitrogens is 2. The van der Waals surface area contributed by atoms with Gasteiger partial charge < -0.3 is 15.7 Å². The summed E-state index contributed by atoms with van der Waals surface area (Å²) < 4.78 is 52.8. The second-order valence-electron chi connectivity index (χ2n) is 6.18. The Morgan fingerprint density at radius 3 is 2.46 bits per heavy atom. The van der Waals surface area contributed by atoms with E-state index in [1.807, 2.05) is 0 Å². The Hall–Kier alpha value is -3.02. The van der Waals surface area contributed by atoms with Crippen molar-refractivity contribution in [3.8, 4) is 0 Å². The standard InChI is InChI=1S/C16H17F4N5O3/c1-8(2)11(7-26)22-15-23-13(16(18,19)20)6-14(24-15)21-10-4-3-9(17)5-12(10)25(27)28/h3-6,8,11,26H,7H2,1-2H3,(H2,21,22,23,24)/t11-/m0/s1. The Morgan fingerprint density at radius 1 is 1.25 bits per heavy atom. The van der Waals surface area contributed by atoms with Crippen LogP contribution in [0, 0.1) is 21.8 Å². The van der Waals surface area contributed by atoms with Gasteiger partial charge in [-0.05, 0) is 18.1 Å². The fourth-order valence-electron chi connectivity index (χ4n) is 2.21. The van der Waals surface area contributed by atoms with Crippen molar-refractivity contribution in [3.05, 3.63) is 45.9 Å². The van der Waals surface area contributed by atoms with Gasteiger partial charge in [0.1, 0.15) is 17.3 Å². The minimum Gasteiger partial charge on any atom is -0.394 e. The molecule has 1 aromatic carbocycles. The fraction of sp³-hybridized carbons (Fsp3) is 0.375. The molecule has 1 heterocycles. The number of nitro groups is 1. The molecule has 0 bridgehead atoms. The molecule has 0 radical (unpaired) electrons. The lowest BCUT2D eigenvalue weighted by atomic mass is 10.1. The summed E-state index contributed by atoms with van der Waals surface area (Å²) >= 11 is 0. The zero-order valence-corrected chi connectivity index (χ0v) is 14.8. The van der Waals surface area contributed by atoms with Crippen LogP contribution in [0.1, 0.15) is 19.5 Å². The molecule has 12 heteroatoms. The third-order valence-electron chi connectivity index (χ3n) is 3.75. The molecule has 0 amide bonds. The number of nitrogens with one attached hydrogen (secondary N) is 2. The van der Waals surface area contributed by atoms with E-state index < -0.39 is 40.3 Å². The molecule has 2 rings (SSSR count). The number of anilines is 3. The summed E-state index contributed by atoms with van der Waals surface area (Å²) in [7, 11) is 0. The van der Waals surface area contributed by atoms with Gasteiger partial charge in [-0.25, -0.2) is 9.37 Å². The Bertz CT molecular complexity index is 861. The molecule has 0 fully saturated rings. The third kappa shape index (κ3) is 5.25. The number of benzene rings is 1. The largest absolute Gasteiger partial charge is 0.433 e. The maximum Gasteiger partial charge on any atom is 0.433 e. The molecule has 0 aliphatic heterocycles. The van der Waals surface area contributed by atoms with Crippen LogP contribution in [0.25, 0.3) is 0 Å². The molecule has 0 aliphatic carbocycles. The van der Waals surface area contributed by atoms with Crippen LogP contribution in [-0.4, -0.2) is 32.6 Å². The van der Waals surface area contributed by atoms with Gasteiger partial charge in [0.2, 0.25) is 5.95 Å². The normalized spacial score (nSPS) is 12.7. The van der Waals surface area contributed by atoms with E-state index in [2.05, 4.69) is 20.6 Å². The SMILES string of the molecule is CC(C)[C@H](CO)Nc1nc(Nc2ccc(F)cc2[N+](=O)[O-])cc(C(F)(F)F)n1. The first-order chi connectivity index (χ1) is 13.0. The molecule has 3 N–H and O–H groups in total. The lowest BCUT2D eigenvalue weighted by Gasteiger charge is -2.21. The summed E-state index contributed by atoms with van der Waals surface area (Å²) in [6.07, 6.45) is -4.81. The van der Waals surface area contributed by atoms with E-state index in [4.69, 9.17) is 0 Å². The average molecular weight is 403 g/mol. The molecule has 0 spiro atoms. The second-order valence-corrected chi connectivity index (χ2v) is 6.18. The molecule has 8 nitrogen and oxygen atoms in total. The molecule has 0 saturated carbocycles. The van der Waals surface area contributed by atoms with E-state index in [-0.39, 0.29) is 24.0 Å². The summed E-state index contributed by atoms with van der Waals surface area (Å²) in [5.74, 6) is -1.83. The van der Waals surface area contributed by atoms with Gasteiger partial charge in [-0.3, -0.25) is 10.1 Å².